The quantitative estimate of drug-likeness (QED) is 0.121. The van der Waals surface area contributed by atoms with Gasteiger partial charge >= 0.3 is 0 Å². The number of benzene rings is 6. The molecule has 59 heavy (non-hydrogen) atoms. The van der Waals surface area contributed by atoms with Crippen molar-refractivity contribution in [1.29, 1.82) is 0 Å². The van der Waals surface area contributed by atoms with Crippen LogP contribution in [0.4, 0.5) is 11.4 Å². The van der Waals surface area contributed by atoms with Crippen molar-refractivity contribution in [3.8, 4) is 11.5 Å². The van der Waals surface area contributed by atoms with Crippen LogP contribution in [-0.4, -0.2) is 36.2 Å². The summed E-state index contributed by atoms with van der Waals surface area (Å²) in [6.07, 6.45) is 0. The summed E-state index contributed by atoms with van der Waals surface area (Å²) in [6.45, 7) is 16.8. The predicted molar refractivity (Wildman–Crippen MR) is 243 cm³/mol. The fourth-order valence-electron chi connectivity index (χ4n) is 8.15. The van der Waals surface area contributed by atoms with Gasteiger partial charge in [-0.15, -0.1) is 0 Å². The molecule has 0 unspecified atom stereocenters. The molecule has 300 valence electrons. The van der Waals surface area contributed by atoms with Crippen molar-refractivity contribution in [2.45, 2.75) is 74.0 Å². The van der Waals surface area contributed by atoms with Crippen LogP contribution in [0, 0.1) is 41.5 Å². The maximum Gasteiger partial charge on any atom is 0.145 e. The van der Waals surface area contributed by atoms with E-state index in [1.807, 2.05) is 60.7 Å². The molecule has 0 radical (unpaired) electrons. The number of nitrogens with zero attached hydrogens (tertiary/aromatic N) is 2. The first-order valence-corrected chi connectivity index (χ1v) is 19.9. The fraction of sp³-hybridized carbons (Fsp3) is 0.245. The minimum Gasteiger partial charge on any atom is -0.496 e. The highest BCUT2D eigenvalue weighted by Gasteiger charge is 2.28. The molecule has 6 rings (SSSR count). The molecule has 0 bridgehead atoms. The topological polar surface area (TPSA) is 83.6 Å². The van der Waals surface area contributed by atoms with E-state index >= 15 is 0 Å². The number of hydrogen-bond acceptors (Lipinski definition) is 6. The van der Waals surface area contributed by atoms with Gasteiger partial charge in [0.15, 0.2) is 0 Å². The monoisotopic (exact) mass is 782 g/mol. The maximum absolute atomic E-state index is 10.8. The number of aliphatic hydroxyl groups is 2. The molecular weight excluding hydrogens is 729 g/mol. The number of para-hydroxylation sites is 3. The van der Waals surface area contributed by atoms with E-state index < -0.39 is 5.41 Å². The molecule has 0 heterocycles. The molecule has 0 fully saturated rings. The van der Waals surface area contributed by atoms with Gasteiger partial charge in [0, 0.05) is 16.5 Å². The minimum atomic E-state index is -0.533. The van der Waals surface area contributed by atoms with Gasteiger partial charge < -0.3 is 19.7 Å². The van der Waals surface area contributed by atoms with Crippen molar-refractivity contribution in [1.82, 2.24) is 0 Å². The molecule has 0 aromatic heterocycles. The van der Waals surface area contributed by atoms with Crippen LogP contribution in [0.1, 0.15) is 91.7 Å². The van der Waals surface area contributed by atoms with E-state index in [0.29, 0.717) is 22.9 Å². The second kappa shape index (κ2) is 18.1. The standard InChI is InChI=1S/C53H54N2O4/c1-33-23-35(3)51(36(4)24-33)45(29-55-48-17-13-14-18-50(48)59-10)43-27-41(20-19-39(43)31-56)53(7,8)42-21-22-49(58-9)44(28-42)46(52-37(5)25-34(2)26-38(52)6)30-54-47-16-12-11-15-40(47)32-57/h11-28,56-57H,31-32H2,1-10H3. The van der Waals surface area contributed by atoms with E-state index in [1.165, 1.54) is 11.1 Å². The molecule has 0 aliphatic heterocycles. The van der Waals surface area contributed by atoms with Crippen molar-refractivity contribution in [2.24, 2.45) is 9.98 Å². The van der Waals surface area contributed by atoms with Gasteiger partial charge in [0.05, 0.1) is 44.3 Å². The van der Waals surface area contributed by atoms with Crippen molar-refractivity contribution >= 4 is 34.3 Å². The molecule has 0 amide bonds. The number of aryl methyl sites for hydroxylation is 6. The zero-order valence-corrected chi connectivity index (χ0v) is 35.9. The summed E-state index contributed by atoms with van der Waals surface area (Å²) in [4.78, 5) is 9.72. The molecule has 2 N–H and O–H groups in total. The van der Waals surface area contributed by atoms with Crippen LogP contribution >= 0.6 is 0 Å². The number of methoxy groups -OCH3 is 2. The first-order chi connectivity index (χ1) is 28.3. The zero-order valence-electron chi connectivity index (χ0n) is 35.9. The largest absolute Gasteiger partial charge is 0.496 e. The van der Waals surface area contributed by atoms with Gasteiger partial charge in [-0.05, 0) is 145 Å². The summed E-state index contributed by atoms with van der Waals surface area (Å²) < 4.78 is 11.7. The second-order valence-corrected chi connectivity index (χ2v) is 15.8. The molecule has 0 aliphatic carbocycles. The lowest BCUT2D eigenvalue weighted by Gasteiger charge is -2.29. The number of rotatable bonds is 12. The third kappa shape index (κ3) is 8.93. The van der Waals surface area contributed by atoms with Gasteiger partial charge in [-0.3, -0.25) is 0 Å². The molecule has 0 spiro atoms. The Bertz CT molecular complexity index is 2440. The molecule has 0 saturated carbocycles. The first kappa shape index (κ1) is 42.3. The third-order valence-electron chi connectivity index (χ3n) is 11.1. The van der Waals surface area contributed by atoms with E-state index in [1.54, 1.807) is 14.2 Å². The van der Waals surface area contributed by atoms with E-state index in [4.69, 9.17) is 19.5 Å². The second-order valence-electron chi connectivity index (χ2n) is 15.8. The van der Waals surface area contributed by atoms with Crippen LogP contribution in [0.2, 0.25) is 0 Å². The first-order valence-electron chi connectivity index (χ1n) is 19.9. The highest BCUT2D eigenvalue weighted by molar-refractivity contribution is 6.03. The van der Waals surface area contributed by atoms with Crippen molar-refractivity contribution < 1.29 is 19.7 Å². The van der Waals surface area contributed by atoms with Crippen molar-refractivity contribution in [3.63, 3.8) is 0 Å². The Kier molecular flexibility index (Phi) is 13.0. The van der Waals surface area contributed by atoms with Crippen LogP contribution in [-0.2, 0) is 18.6 Å². The summed E-state index contributed by atoms with van der Waals surface area (Å²) in [5.41, 5.74) is 16.4. The Hall–Kier alpha value is -6.26. The lowest BCUT2D eigenvalue weighted by molar-refractivity contribution is 0.281. The summed E-state index contributed by atoms with van der Waals surface area (Å²) in [7, 11) is 3.32. The van der Waals surface area contributed by atoms with E-state index in [9.17, 15) is 10.2 Å². The number of aliphatic hydroxyl groups excluding tert-OH is 2. The van der Waals surface area contributed by atoms with Crippen LogP contribution in [0.3, 0.4) is 0 Å². The van der Waals surface area contributed by atoms with Crippen molar-refractivity contribution in [2.75, 3.05) is 14.2 Å². The number of hydrogen-bond donors (Lipinski definition) is 2. The Morgan fingerprint density at radius 3 is 1.53 bits per heavy atom. The summed E-state index contributed by atoms with van der Waals surface area (Å²) in [5, 5.41) is 20.9. The molecule has 0 saturated heterocycles. The van der Waals surface area contributed by atoms with Gasteiger partial charge in [0.2, 0.25) is 0 Å². The SMILES string of the molecule is COc1ccccc1N=C=C(c1cc(C(C)(C)c2ccc(OC)c(C(=C=Nc3ccccc3CO)c3c(C)cc(C)cc3C)c2)ccc1CO)c1c(C)cc(C)cc1C. The van der Waals surface area contributed by atoms with E-state index in [2.05, 4.69) is 116 Å². The minimum absolute atomic E-state index is 0.129. The van der Waals surface area contributed by atoms with Gasteiger partial charge in [0.25, 0.3) is 0 Å². The molecule has 6 aromatic rings. The molecular formula is C53H54N2O4. The Morgan fingerprint density at radius 1 is 0.525 bits per heavy atom. The third-order valence-corrected chi connectivity index (χ3v) is 11.1. The number of ether oxygens (including phenoxy) is 2. The van der Waals surface area contributed by atoms with Gasteiger partial charge in [-0.25, -0.2) is 9.98 Å². The number of aliphatic imine (C=N–C) groups is 2. The van der Waals surface area contributed by atoms with Gasteiger partial charge in [0.1, 0.15) is 17.2 Å². The van der Waals surface area contributed by atoms with Gasteiger partial charge in [-0.1, -0.05) is 97.8 Å². The normalized spacial score (nSPS) is 11.1. The lowest BCUT2D eigenvalue weighted by atomic mass is 9.75. The molecule has 6 heteroatoms. The van der Waals surface area contributed by atoms with E-state index in [-0.39, 0.29) is 13.2 Å². The Balaban J connectivity index is 1.59. The zero-order chi connectivity index (χ0) is 42.4. The summed E-state index contributed by atoms with van der Waals surface area (Å²) in [6, 6.07) is 36.5. The van der Waals surface area contributed by atoms with E-state index in [0.717, 1.165) is 77.9 Å². The smallest absolute Gasteiger partial charge is 0.145 e. The fourth-order valence-corrected chi connectivity index (χ4v) is 8.15. The molecule has 0 aliphatic rings. The van der Waals surface area contributed by atoms with Crippen LogP contribution in [0.25, 0.3) is 11.1 Å². The lowest BCUT2D eigenvalue weighted by Crippen LogP contribution is -2.20. The molecule has 6 nitrogen and oxygen atoms in total. The molecule has 0 atom stereocenters. The maximum atomic E-state index is 10.8. The highest BCUT2D eigenvalue weighted by Crippen LogP contribution is 2.41. The average Bonchev–Trinajstić information content (AvgIpc) is 3.22. The highest BCUT2D eigenvalue weighted by atomic mass is 16.5. The van der Waals surface area contributed by atoms with Crippen LogP contribution in [0.5, 0.6) is 11.5 Å². The Morgan fingerprint density at radius 2 is 0.983 bits per heavy atom. The summed E-state index contributed by atoms with van der Waals surface area (Å²) in [5.74, 6) is 8.22. The summed E-state index contributed by atoms with van der Waals surface area (Å²) >= 11 is 0. The van der Waals surface area contributed by atoms with Crippen LogP contribution < -0.4 is 9.47 Å². The average molecular weight is 783 g/mol. The van der Waals surface area contributed by atoms with Crippen molar-refractivity contribution in [3.05, 3.63) is 187 Å². The molecule has 6 aromatic carbocycles. The Labute approximate surface area is 349 Å². The predicted octanol–water partition coefficient (Wildman–Crippen LogP) is 11.7. The van der Waals surface area contributed by atoms with Crippen LogP contribution in [0.15, 0.2) is 119 Å². The van der Waals surface area contributed by atoms with Gasteiger partial charge in [-0.2, -0.15) is 0 Å².